The first kappa shape index (κ1) is 15.3. The maximum absolute atomic E-state index is 11.0. The van der Waals surface area contributed by atoms with E-state index in [0.717, 1.165) is 18.4 Å². The van der Waals surface area contributed by atoms with Crippen molar-refractivity contribution in [1.29, 1.82) is 0 Å². The third kappa shape index (κ3) is 6.75. The molecule has 3 nitrogen and oxygen atoms in total. The summed E-state index contributed by atoms with van der Waals surface area (Å²) in [6.07, 6.45) is 4.04. The minimum atomic E-state index is -0.283. The Bertz CT molecular complexity index is 215. The Balaban J connectivity index is 4.44. The van der Waals surface area contributed by atoms with Crippen LogP contribution < -0.4 is 0 Å². The summed E-state index contributed by atoms with van der Waals surface area (Å²) >= 11 is 0. The average Bonchev–Trinajstić information content (AvgIpc) is 2.24. The van der Waals surface area contributed by atoms with Gasteiger partial charge in [-0.1, -0.05) is 13.0 Å². The van der Waals surface area contributed by atoms with Crippen LogP contribution in [-0.2, 0) is 14.3 Å². The fourth-order valence-electron chi connectivity index (χ4n) is 1.46. The van der Waals surface area contributed by atoms with E-state index in [1.807, 2.05) is 13.8 Å². The zero-order chi connectivity index (χ0) is 12.4. The van der Waals surface area contributed by atoms with E-state index < -0.39 is 0 Å². The summed E-state index contributed by atoms with van der Waals surface area (Å²) in [4.78, 5) is 11.0. The van der Waals surface area contributed by atoms with Crippen molar-refractivity contribution < 1.29 is 14.3 Å². The first-order valence-corrected chi connectivity index (χ1v) is 6.07. The lowest BCUT2D eigenvalue weighted by Crippen LogP contribution is -2.20. The number of allylic oxidation sites excluding steroid dienone is 1. The number of rotatable bonds is 9. The number of ether oxygens (including phenoxy) is 2. The van der Waals surface area contributed by atoms with Gasteiger partial charge < -0.3 is 14.3 Å². The normalized spacial score (nSPS) is 12.2. The van der Waals surface area contributed by atoms with E-state index >= 15 is 0 Å². The fraction of sp³-hybridized carbons (Fsp3) is 0.769. The molecule has 0 saturated heterocycles. The molecule has 3 heteroatoms. The van der Waals surface area contributed by atoms with Gasteiger partial charge in [0.1, 0.15) is 5.78 Å². The molecule has 0 amide bonds. The van der Waals surface area contributed by atoms with Crippen molar-refractivity contribution in [3.05, 3.63) is 11.6 Å². The highest BCUT2D eigenvalue weighted by Gasteiger charge is 2.14. The summed E-state index contributed by atoms with van der Waals surface area (Å²) < 4.78 is 11.1. The van der Waals surface area contributed by atoms with Gasteiger partial charge in [-0.3, -0.25) is 0 Å². The van der Waals surface area contributed by atoms with Crippen LogP contribution >= 0.6 is 0 Å². The molecule has 94 valence electrons. The van der Waals surface area contributed by atoms with E-state index in [1.165, 1.54) is 0 Å². The monoisotopic (exact) mass is 228 g/mol. The number of Topliss-reactive ketones (excluding diaryl/α,β-unsaturated/α-hetero) is 1. The summed E-state index contributed by atoms with van der Waals surface area (Å²) in [5, 5.41) is 0. The number of hydrogen-bond donors (Lipinski definition) is 0. The summed E-state index contributed by atoms with van der Waals surface area (Å²) in [6, 6.07) is 0. The molecule has 0 unspecified atom stereocenters. The van der Waals surface area contributed by atoms with E-state index in [9.17, 15) is 4.79 Å². The molecule has 0 aromatic heterocycles. The van der Waals surface area contributed by atoms with Crippen molar-refractivity contribution in [3.63, 3.8) is 0 Å². The minimum Gasteiger partial charge on any atom is -0.349 e. The van der Waals surface area contributed by atoms with Crippen LogP contribution in [0.2, 0.25) is 0 Å². The van der Waals surface area contributed by atoms with Crippen LogP contribution in [-0.4, -0.2) is 25.3 Å². The van der Waals surface area contributed by atoms with E-state index in [-0.39, 0.29) is 12.1 Å². The summed E-state index contributed by atoms with van der Waals surface area (Å²) in [5.41, 5.74) is 1.08. The Morgan fingerprint density at radius 3 is 2.06 bits per heavy atom. The van der Waals surface area contributed by atoms with Gasteiger partial charge in [-0.25, -0.2) is 0 Å². The Morgan fingerprint density at radius 1 is 1.12 bits per heavy atom. The van der Waals surface area contributed by atoms with Gasteiger partial charge in [0.25, 0.3) is 0 Å². The maximum atomic E-state index is 11.0. The van der Waals surface area contributed by atoms with Crippen molar-refractivity contribution in [3.8, 4) is 0 Å². The molecule has 0 aliphatic heterocycles. The Morgan fingerprint density at radius 2 is 1.69 bits per heavy atom. The van der Waals surface area contributed by atoms with Gasteiger partial charge in [0, 0.05) is 19.6 Å². The van der Waals surface area contributed by atoms with E-state index in [1.54, 1.807) is 6.92 Å². The number of carbonyl (C=O) groups is 1. The van der Waals surface area contributed by atoms with Gasteiger partial charge in [-0.2, -0.15) is 0 Å². The Labute approximate surface area is 98.8 Å². The molecule has 0 heterocycles. The van der Waals surface area contributed by atoms with Crippen molar-refractivity contribution in [2.24, 2.45) is 0 Å². The second kappa shape index (κ2) is 9.55. The van der Waals surface area contributed by atoms with E-state index in [4.69, 9.17) is 9.47 Å². The van der Waals surface area contributed by atoms with Crippen molar-refractivity contribution in [2.75, 3.05) is 13.2 Å². The second-order valence-electron chi connectivity index (χ2n) is 3.63. The van der Waals surface area contributed by atoms with Crippen molar-refractivity contribution in [2.45, 2.75) is 53.2 Å². The molecule has 0 bridgehead atoms. The van der Waals surface area contributed by atoms with Crippen LogP contribution in [0.1, 0.15) is 47.0 Å². The van der Waals surface area contributed by atoms with Gasteiger partial charge in [0.15, 0.2) is 6.29 Å². The molecule has 0 radical (unpaired) electrons. The lowest BCUT2D eigenvalue weighted by atomic mass is 10.1. The predicted molar refractivity (Wildman–Crippen MR) is 65.3 cm³/mol. The largest absolute Gasteiger partial charge is 0.349 e. The first-order chi connectivity index (χ1) is 7.65. The van der Waals surface area contributed by atoms with Crippen molar-refractivity contribution in [1.82, 2.24) is 0 Å². The molecule has 0 aromatic carbocycles. The zero-order valence-electron chi connectivity index (χ0n) is 10.9. The average molecular weight is 228 g/mol. The molecule has 0 aliphatic rings. The smallest absolute Gasteiger partial charge is 0.179 e. The highest BCUT2D eigenvalue weighted by atomic mass is 16.7. The van der Waals surface area contributed by atoms with E-state index in [2.05, 4.69) is 13.0 Å². The summed E-state index contributed by atoms with van der Waals surface area (Å²) in [7, 11) is 0. The fourth-order valence-corrected chi connectivity index (χ4v) is 1.46. The minimum absolute atomic E-state index is 0.203. The van der Waals surface area contributed by atoms with E-state index in [0.29, 0.717) is 19.6 Å². The molecule has 0 fully saturated rings. The predicted octanol–water partition coefficient (Wildman–Crippen LogP) is 3.09. The maximum Gasteiger partial charge on any atom is 0.179 e. The Hall–Kier alpha value is -0.670. The third-order valence-electron chi connectivity index (χ3n) is 2.17. The first-order valence-electron chi connectivity index (χ1n) is 6.07. The SMILES string of the molecule is CC/C=C(\CCC(C)=O)C(OCC)OCC. The second-order valence-corrected chi connectivity index (χ2v) is 3.63. The van der Waals surface area contributed by atoms with Gasteiger partial charge in [-0.15, -0.1) is 0 Å². The molecule has 0 aliphatic carbocycles. The van der Waals surface area contributed by atoms with Gasteiger partial charge in [0.2, 0.25) is 0 Å². The summed E-state index contributed by atoms with van der Waals surface area (Å²) in [5.74, 6) is 0.203. The van der Waals surface area contributed by atoms with Gasteiger partial charge in [-0.05, 0) is 39.2 Å². The lowest BCUT2D eigenvalue weighted by Gasteiger charge is -2.20. The lowest BCUT2D eigenvalue weighted by molar-refractivity contribution is -0.119. The van der Waals surface area contributed by atoms with Crippen LogP contribution in [0.5, 0.6) is 0 Å². The highest BCUT2D eigenvalue weighted by molar-refractivity contribution is 5.75. The molecule has 0 aromatic rings. The molecule has 0 rings (SSSR count). The standard InChI is InChI=1S/C13H24O3/c1-5-8-12(10-9-11(4)14)13(15-6-2)16-7-3/h8,13H,5-7,9-10H2,1-4H3/b12-8+. The van der Waals surface area contributed by atoms with Crippen molar-refractivity contribution >= 4 is 5.78 Å². The van der Waals surface area contributed by atoms with Crippen LogP contribution in [0.3, 0.4) is 0 Å². The summed E-state index contributed by atoms with van der Waals surface area (Å²) in [6.45, 7) is 8.81. The highest BCUT2D eigenvalue weighted by Crippen LogP contribution is 2.16. The molecular formula is C13H24O3. The molecule has 0 atom stereocenters. The van der Waals surface area contributed by atoms with Gasteiger partial charge >= 0.3 is 0 Å². The number of carbonyl (C=O) groups excluding carboxylic acids is 1. The molecule has 0 spiro atoms. The molecule has 0 saturated carbocycles. The van der Waals surface area contributed by atoms with Crippen LogP contribution in [0.25, 0.3) is 0 Å². The quantitative estimate of drug-likeness (QED) is 0.449. The number of ketones is 1. The third-order valence-corrected chi connectivity index (χ3v) is 2.17. The van der Waals surface area contributed by atoms with Crippen LogP contribution in [0.15, 0.2) is 11.6 Å². The van der Waals surface area contributed by atoms with Gasteiger partial charge in [0.05, 0.1) is 0 Å². The topological polar surface area (TPSA) is 35.5 Å². The zero-order valence-corrected chi connectivity index (χ0v) is 10.9. The molecule has 16 heavy (non-hydrogen) atoms. The number of hydrogen-bond acceptors (Lipinski definition) is 3. The van der Waals surface area contributed by atoms with Crippen LogP contribution in [0, 0.1) is 0 Å². The molecule has 0 N–H and O–H groups in total. The Kier molecular flexibility index (Phi) is 9.15. The van der Waals surface area contributed by atoms with Crippen LogP contribution in [0.4, 0.5) is 0 Å². The molecular weight excluding hydrogens is 204 g/mol.